The van der Waals surface area contributed by atoms with E-state index in [1.54, 1.807) is 12.3 Å². The molecular weight excluding hydrogens is 217 g/mol. The van der Waals surface area contributed by atoms with E-state index in [4.69, 9.17) is 23.2 Å². The third kappa shape index (κ3) is 1.74. The highest BCUT2D eigenvalue weighted by Crippen LogP contribution is 2.14. The predicted octanol–water partition coefficient (Wildman–Crippen LogP) is 2.39. The predicted molar refractivity (Wildman–Crippen MR) is 59.8 cm³/mol. The van der Waals surface area contributed by atoms with Crippen molar-refractivity contribution < 1.29 is 0 Å². The van der Waals surface area contributed by atoms with E-state index in [1.165, 1.54) is 0 Å². The first-order valence-electron chi connectivity index (χ1n) is 4.07. The fourth-order valence-corrected chi connectivity index (χ4v) is 1.49. The Balaban J connectivity index is 2.80. The zero-order chi connectivity index (χ0) is 10.1. The molecule has 0 aromatic heterocycles. The van der Waals surface area contributed by atoms with E-state index in [2.05, 4.69) is 11.6 Å². The van der Waals surface area contributed by atoms with Crippen molar-refractivity contribution in [2.75, 3.05) is 0 Å². The van der Waals surface area contributed by atoms with Crippen molar-refractivity contribution in [2.45, 2.75) is 0 Å². The number of benzene rings is 1. The minimum atomic E-state index is 0.553. The Morgan fingerprint density at radius 2 is 2.00 bits per heavy atom. The van der Waals surface area contributed by atoms with Crippen molar-refractivity contribution in [3.63, 3.8) is 0 Å². The molecule has 1 aromatic carbocycles. The van der Waals surface area contributed by atoms with Gasteiger partial charge in [-0.25, -0.2) is 0 Å². The van der Waals surface area contributed by atoms with Gasteiger partial charge in [0.25, 0.3) is 0 Å². The second-order valence-corrected chi connectivity index (χ2v) is 3.82. The summed E-state index contributed by atoms with van der Waals surface area (Å²) in [6.07, 6.45) is 3.48. The number of allylic oxidation sites excluding steroid dienone is 2. The molecule has 1 aliphatic rings. The Labute approximate surface area is 91.7 Å². The minimum Gasteiger partial charge on any atom is -0.255 e. The van der Waals surface area contributed by atoms with Crippen LogP contribution in [0.4, 0.5) is 0 Å². The van der Waals surface area contributed by atoms with E-state index >= 15 is 0 Å². The zero-order valence-corrected chi connectivity index (χ0v) is 8.81. The largest absolute Gasteiger partial charge is 0.255 e. The molecule has 0 amide bonds. The van der Waals surface area contributed by atoms with Crippen LogP contribution in [0.15, 0.2) is 46.6 Å². The number of hydrogen-bond donors (Lipinski definition) is 0. The Hall–Kier alpha value is -1.05. The normalized spacial score (nSPS) is 14.7. The van der Waals surface area contributed by atoms with Gasteiger partial charge in [-0.3, -0.25) is 4.99 Å². The van der Waals surface area contributed by atoms with Gasteiger partial charge in [0, 0.05) is 16.4 Å². The number of fused-ring (bicyclic) bond motifs is 1. The van der Waals surface area contributed by atoms with Crippen LogP contribution in [0, 0.1) is 0 Å². The van der Waals surface area contributed by atoms with Crippen molar-refractivity contribution in [3.8, 4) is 0 Å². The first kappa shape index (κ1) is 9.50. The summed E-state index contributed by atoms with van der Waals surface area (Å²) in [5, 5.41) is 3.01. The lowest BCUT2D eigenvalue weighted by Gasteiger charge is -1.92. The van der Waals surface area contributed by atoms with Gasteiger partial charge in [0.15, 0.2) is 0 Å². The monoisotopic (exact) mass is 223 g/mol. The van der Waals surface area contributed by atoms with Gasteiger partial charge in [0.2, 0.25) is 0 Å². The number of nitrogens with zero attached hydrogens (tertiary/aromatic N) is 1. The molecule has 0 saturated heterocycles. The van der Waals surface area contributed by atoms with E-state index in [-0.39, 0.29) is 0 Å². The molecule has 0 radical (unpaired) electrons. The van der Waals surface area contributed by atoms with Crippen molar-refractivity contribution in [1.82, 2.24) is 0 Å². The molecule has 1 aromatic rings. The summed E-state index contributed by atoms with van der Waals surface area (Å²) in [6.45, 7) is 3.83. The van der Waals surface area contributed by atoms with Gasteiger partial charge in [0.05, 0.1) is 10.4 Å². The fraction of sp³-hybridized carbons (Fsp3) is 0. The Kier molecular flexibility index (Phi) is 2.44. The van der Waals surface area contributed by atoms with Crippen LogP contribution in [0.3, 0.4) is 0 Å². The van der Waals surface area contributed by atoms with Crippen molar-refractivity contribution >= 4 is 29.3 Å². The molecule has 0 saturated carbocycles. The topological polar surface area (TPSA) is 12.4 Å². The second kappa shape index (κ2) is 3.60. The molecule has 0 aliphatic carbocycles. The molecule has 0 atom stereocenters. The number of rotatable bonds is 0. The van der Waals surface area contributed by atoms with E-state index in [1.807, 2.05) is 18.2 Å². The first-order chi connectivity index (χ1) is 6.66. The van der Waals surface area contributed by atoms with Gasteiger partial charge in [0.1, 0.15) is 0 Å². The summed E-state index contributed by atoms with van der Waals surface area (Å²) in [4.78, 5) is 4.21. The lowest BCUT2D eigenvalue weighted by atomic mass is 10.2. The van der Waals surface area contributed by atoms with Crippen LogP contribution in [0.25, 0.3) is 6.08 Å². The maximum atomic E-state index is 5.91. The number of halogens is 2. The Morgan fingerprint density at radius 1 is 1.21 bits per heavy atom. The van der Waals surface area contributed by atoms with Gasteiger partial charge in [-0.2, -0.15) is 0 Å². The van der Waals surface area contributed by atoms with Gasteiger partial charge in [-0.05, 0) is 23.8 Å². The fourth-order valence-electron chi connectivity index (χ4n) is 1.22. The molecule has 0 N–H and O–H groups in total. The quantitative estimate of drug-likeness (QED) is 0.641. The average molecular weight is 224 g/mol. The SMILES string of the molecule is C=C1C=c2ccc(Cl)cc2=NC=C1Cl. The van der Waals surface area contributed by atoms with Crippen LogP contribution in [0.5, 0.6) is 0 Å². The number of hydrogen-bond acceptors (Lipinski definition) is 1. The molecule has 14 heavy (non-hydrogen) atoms. The van der Waals surface area contributed by atoms with Crippen molar-refractivity contribution in [1.29, 1.82) is 0 Å². The third-order valence-electron chi connectivity index (χ3n) is 1.95. The van der Waals surface area contributed by atoms with Crippen LogP contribution in [0.1, 0.15) is 0 Å². The third-order valence-corrected chi connectivity index (χ3v) is 2.52. The summed E-state index contributed by atoms with van der Waals surface area (Å²) < 4.78 is 0. The van der Waals surface area contributed by atoms with Crippen LogP contribution in [-0.4, -0.2) is 0 Å². The molecular formula is C11H7Cl2N. The van der Waals surface area contributed by atoms with Gasteiger partial charge >= 0.3 is 0 Å². The van der Waals surface area contributed by atoms with E-state index in [0.29, 0.717) is 10.1 Å². The van der Waals surface area contributed by atoms with E-state index < -0.39 is 0 Å². The standard InChI is InChI=1S/C11H7Cl2N/c1-7-4-8-2-3-9(12)5-11(8)14-6-10(7)13/h2-6H,1H2. The summed E-state index contributed by atoms with van der Waals surface area (Å²) in [7, 11) is 0. The maximum Gasteiger partial charge on any atom is 0.0717 e. The molecule has 3 heteroatoms. The second-order valence-electron chi connectivity index (χ2n) is 2.98. The molecule has 1 heterocycles. The molecule has 2 rings (SSSR count). The summed E-state index contributed by atoms with van der Waals surface area (Å²) in [5.41, 5.74) is 0.761. The molecule has 0 fully saturated rings. The summed E-state index contributed by atoms with van der Waals surface area (Å²) in [6, 6.07) is 5.52. The van der Waals surface area contributed by atoms with E-state index in [0.717, 1.165) is 16.1 Å². The molecule has 0 unspecified atom stereocenters. The first-order valence-corrected chi connectivity index (χ1v) is 4.82. The van der Waals surface area contributed by atoms with E-state index in [9.17, 15) is 0 Å². The lowest BCUT2D eigenvalue weighted by Crippen LogP contribution is -2.23. The smallest absolute Gasteiger partial charge is 0.0717 e. The van der Waals surface area contributed by atoms with Crippen molar-refractivity contribution in [2.24, 2.45) is 4.99 Å². The molecule has 0 bridgehead atoms. The maximum absolute atomic E-state index is 5.91. The summed E-state index contributed by atoms with van der Waals surface area (Å²) in [5.74, 6) is 0. The molecule has 0 spiro atoms. The van der Waals surface area contributed by atoms with Gasteiger partial charge < -0.3 is 0 Å². The van der Waals surface area contributed by atoms with Crippen molar-refractivity contribution in [3.05, 3.63) is 57.2 Å². The molecule has 1 aliphatic heterocycles. The van der Waals surface area contributed by atoms with Crippen LogP contribution in [0.2, 0.25) is 5.02 Å². The highest BCUT2D eigenvalue weighted by molar-refractivity contribution is 6.32. The minimum absolute atomic E-state index is 0.553. The highest BCUT2D eigenvalue weighted by Gasteiger charge is 1.99. The highest BCUT2D eigenvalue weighted by atomic mass is 35.5. The Morgan fingerprint density at radius 3 is 2.79 bits per heavy atom. The van der Waals surface area contributed by atoms with Gasteiger partial charge in [-0.1, -0.05) is 35.8 Å². The summed E-state index contributed by atoms with van der Waals surface area (Å²) >= 11 is 11.8. The van der Waals surface area contributed by atoms with Crippen LogP contribution >= 0.6 is 23.2 Å². The van der Waals surface area contributed by atoms with Crippen LogP contribution in [-0.2, 0) is 0 Å². The van der Waals surface area contributed by atoms with Crippen LogP contribution < -0.4 is 10.6 Å². The molecule has 70 valence electrons. The lowest BCUT2D eigenvalue weighted by molar-refractivity contribution is 1.31. The van der Waals surface area contributed by atoms with Gasteiger partial charge in [-0.15, -0.1) is 0 Å². The molecule has 1 nitrogen and oxygen atoms in total. The zero-order valence-electron chi connectivity index (χ0n) is 7.30. The average Bonchev–Trinajstić information content (AvgIpc) is 2.29. The Bertz CT molecular complexity index is 541.